The number of thioether (sulfide) groups is 2. The monoisotopic (exact) mass is 278 g/mol. The number of rotatable bonds is 6. The van der Waals surface area contributed by atoms with Crippen LogP contribution in [-0.4, -0.2) is 40.6 Å². The number of primary amides is 1. The third kappa shape index (κ3) is 4.81. The van der Waals surface area contributed by atoms with E-state index in [0.717, 1.165) is 8.68 Å². The van der Waals surface area contributed by atoms with Gasteiger partial charge in [-0.2, -0.15) is 0 Å². The number of nitrogens with one attached hydrogen (secondary N) is 1. The number of amides is 2. The summed E-state index contributed by atoms with van der Waals surface area (Å²) in [7, 11) is 0. The van der Waals surface area contributed by atoms with Crippen LogP contribution in [0.4, 0.5) is 0 Å². The molecule has 88 valence electrons. The van der Waals surface area contributed by atoms with Crippen molar-refractivity contribution in [2.24, 2.45) is 5.73 Å². The quantitative estimate of drug-likeness (QED) is 0.708. The largest absolute Gasteiger partial charge is 0.368 e. The molecule has 0 aliphatic carbocycles. The van der Waals surface area contributed by atoms with E-state index in [2.05, 4.69) is 15.5 Å². The molecule has 16 heavy (non-hydrogen) atoms. The van der Waals surface area contributed by atoms with Gasteiger partial charge in [-0.25, -0.2) is 0 Å². The van der Waals surface area contributed by atoms with Gasteiger partial charge in [0, 0.05) is 0 Å². The second-order valence-electron chi connectivity index (χ2n) is 2.57. The predicted octanol–water partition coefficient (Wildman–Crippen LogP) is -0.0464. The van der Waals surface area contributed by atoms with Gasteiger partial charge < -0.3 is 11.1 Å². The molecule has 1 rings (SSSR count). The molecule has 0 fully saturated rings. The van der Waals surface area contributed by atoms with Gasteiger partial charge in [0.15, 0.2) is 8.68 Å². The Kier molecular flexibility index (Phi) is 5.56. The molecular formula is C7H10N4O2S3. The summed E-state index contributed by atoms with van der Waals surface area (Å²) in [4.78, 5) is 21.6. The van der Waals surface area contributed by atoms with Gasteiger partial charge in [-0.1, -0.05) is 34.9 Å². The molecule has 6 nitrogen and oxygen atoms in total. The fraction of sp³-hybridized carbons (Fsp3) is 0.429. The molecule has 0 aliphatic heterocycles. The molecule has 9 heteroatoms. The van der Waals surface area contributed by atoms with E-state index in [1.807, 2.05) is 6.26 Å². The van der Waals surface area contributed by atoms with Gasteiger partial charge in [0.25, 0.3) is 0 Å². The minimum atomic E-state index is -0.557. The molecule has 1 aromatic rings. The highest BCUT2D eigenvalue weighted by molar-refractivity contribution is 8.03. The first-order valence-corrected chi connectivity index (χ1v) is 7.20. The van der Waals surface area contributed by atoms with Crippen molar-refractivity contribution >= 4 is 46.7 Å². The van der Waals surface area contributed by atoms with Crippen LogP contribution in [0.3, 0.4) is 0 Å². The lowest BCUT2D eigenvalue weighted by Gasteiger charge is -1.99. The Morgan fingerprint density at radius 1 is 1.44 bits per heavy atom. The van der Waals surface area contributed by atoms with E-state index in [-0.39, 0.29) is 18.2 Å². The minimum Gasteiger partial charge on any atom is -0.368 e. The molecule has 1 heterocycles. The average molecular weight is 278 g/mol. The normalized spacial score (nSPS) is 10.1. The first-order chi connectivity index (χ1) is 7.61. The second kappa shape index (κ2) is 6.71. The lowest BCUT2D eigenvalue weighted by atomic mass is 10.6. The standard InChI is InChI=1S/C7H10N4O2S3/c1-14-6-10-11-7(16-6)15-3-5(13)9-2-4(8)12/h2-3H2,1H3,(H2,8,12)(H,9,13). The first kappa shape index (κ1) is 13.3. The highest BCUT2D eigenvalue weighted by Gasteiger charge is 2.07. The topological polar surface area (TPSA) is 98.0 Å². The second-order valence-corrected chi connectivity index (χ2v) is 5.82. The van der Waals surface area contributed by atoms with Crippen LogP contribution in [0.2, 0.25) is 0 Å². The van der Waals surface area contributed by atoms with Crippen LogP contribution >= 0.6 is 34.9 Å². The number of nitrogens with zero attached hydrogens (tertiary/aromatic N) is 2. The zero-order chi connectivity index (χ0) is 12.0. The van der Waals surface area contributed by atoms with Crippen molar-refractivity contribution in [1.82, 2.24) is 15.5 Å². The van der Waals surface area contributed by atoms with Crippen molar-refractivity contribution in [2.45, 2.75) is 8.68 Å². The van der Waals surface area contributed by atoms with Gasteiger partial charge in [-0.3, -0.25) is 9.59 Å². The number of nitrogens with two attached hydrogens (primary N) is 1. The Labute approximate surface area is 105 Å². The van der Waals surface area contributed by atoms with Crippen molar-refractivity contribution in [3.05, 3.63) is 0 Å². The van der Waals surface area contributed by atoms with Crippen LogP contribution in [0.25, 0.3) is 0 Å². The molecule has 0 saturated carbocycles. The summed E-state index contributed by atoms with van der Waals surface area (Å²) < 4.78 is 1.60. The Hall–Kier alpha value is -0.800. The summed E-state index contributed by atoms with van der Waals surface area (Å²) in [5, 5.41) is 10.2. The molecule has 0 aromatic carbocycles. The van der Waals surface area contributed by atoms with Crippen LogP contribution in [0, 0.1) is 0 Å². The summed E-state index contributed by atoms with van der Waals surface area (Å²) in [6.07, 6.45) is 1.91. The van der Waals surface area contributed by atoms with Crippen LogP contribution in [-0.2, 0) is 9.59 Å². The predicted molar refractivity (Wildman–Crippen MR) is 64.6 cm³/mol. The summed E-state index contributed by atoms with van der Waals surface area (Å²) >= 11 is 4.22. The van der Waals surface area contributed by atoms with E-state index >= 15 is 0 Å². The van der Waals surface area contributed by atoms with Crippen LogP contribution in [0.5, 0.6) is 0 Å². The van der Waals surface area contributed by atoms with Gasteiger partial charge >= 0.3 is 0 Å². The third-order valence-electron chi connectivity index (χ3n) is 1.35. The van der Waals surface area contributed by atoms with Crippen molar-refractivity contribution in [2.75, 3.05) is 18.6 Å². The Bertz CT molecular complexity index is 381. The maximum atomic E-state index is 11.2. The molecule has 0 saturated heterocycles. The zero-order valence-electron chi connectivity index (χ0n) is 8.43. The van der Waals surface area contributed by atoms with Crippen molar-refractivity contribution in [1.29, 1.82) is 0 Å². The van der Waals surface area contributed by atoms with E-state index in [1.54, 1.807) is 0 Å². The molecular weight excluding hydrogens is 268 g/mol. The van der Waals surface area contributed by atoms with E-state index < -0.39 is 5.91 Å². The van der Waals surface area contributed by atoms with Crippen LogP contribution in [0.1, 0.15) is 0 Å². The Morgan fingerprint density at radius 2 is 2.12 bits per heavy atom. The molecule has 0 spiro atoms. The number of hydrogen-bond acceptors (Lipinski definition) is 7. The highest BCUT2D eigenvalue weighted by Crippen LogP contribution is 2.26. The van der Waals surface area contributed by atoms with E-state index in [1.165, 1.54) is 34.9 Å². The molecule has 3 N–H and O–H groups in total. The van der Waals surface area contributed by atoms with Crippen molar-refractivity contribution in [3.63, 3.8) is 0 Å². The average Bonchev–Trinajstić information content (AvgIpc) is 2.71. The zero-order valence-corrected chi connectivity index (χ0v) is 10.9. The lowest BCUT2D eigenvalue weighted by Crippen LogP contribution is -2.34. The van der Waals surface area contributed by atoms with Gasteiger partial charge in [0.2, 0.25) is 11.8 Å². The number of carbonyl (C=O) groups is 2. The van der Waals surface area contributed by atoms with Crippen LogP contribution < -0.4 is 11.1 Å². The van der Waals surface area contributed by atoms with Crippen molar-refractivity contribution < 1.29 is 9.59 Å². The first-order valence-electron chi connectivity index (χ1n) is 4.17. The molecule has 0 radical (unpaired) electrons. The fourth-order valence-corrected chi connectivity index (χ4v) is 2.97. The maximum absolute atomic E-state index is 11.2. The van der Waals surface area contributed by atoms with E-state index in [4.69, 9.17) is 5.73 Å². The molecule has 0 aliphatic rings. The summed E-state index contributed by atoms with van der Waals surface area (Å²) in [6, 6.07) is 0. The minimum absolute atomic E-state index is 0.133. The van der Waals surface area contributed by atoms with Gasteiger partial charge in [0.1, 0.15) is 0 Å². The molecule has 1 aromatic heterocycles. The SMILES string of the molecule is CSc1nnc(SCC(=O)NCC(N)=O)s1. The van der Waals surface area contributed by atoms with Gasteiger partial charge in [-0.15, -0.1) is 10.2 Å². The third-order valence-corrected chi connectivity index (χ3v) is 4.38. The smallest absolute Gasteiger partial charge is 0.236 e. The molecule has 2 amide bonds. The Morgan fingerprint density at radius 3 is 2.69 bits per heavy atom. The Balaban J connectivity index is 2.28. The number of hydrogen-bond donors (Lipinski definition) is 2. The summed E-state index contributed by atoms with van der Waals surface area (Å²) in [5.74, 6) is -0.598. The summed E-state index contributed by atoms with van der Waals surface area (Å²) in [6.45, 7) is -0.133. The number of carbonyl (C=O) groups excluding carboxylic acids is 2. The molecule has 0 unspecified atom stereocenters. The van der Waals surface area contributed by atoms with Crippen LogP contribution in [0.15, 0.2) is 8.68 Å². The van der Waals surface area contributed by atoms with Gasteiger partial charge in [0.05, 0.1) is 12.3 Å². The van der Waals surface area contributed by atoms with Crippen molar-refractivity contribution in [3.8, 4) is 0 Å². The molecule has 0 atom stereocenters. The van der Waals surface area contributed by atoms with E-state index in [9.17, 15) is 9.59 Å². The number of aromatic nitrogens is 2. The maximum Gasteiger partial charge on any atom is 0.236 e. The summed E-state index contributed by atoms with van der Waals surface area (Å²) in [5.41, 5.74) is 4.89. The van der Waals surface area contributed by atoms with Gasteiger partial charge in [-0.05, 0) is 6.26 Å². The van der Waals surface area contributed by atoms with E-state index in [0.29, 0.717) is 0 Å². The molecule has 0 bridgehead atoms. The lowest BCUT2D eigenvalue weighted by molar-refractivity contribution is -0.123. The highest BCUT2D eigenvalue weighted by atomic mass is 32.2. The fourth-order valence-electron chi connectivity index (χ4n) is 0.702.